The summed E-state index contributed by atoms with van der Waals surface area (Å²) >= 11 is 3.47. The molecule has 96 valence electrons. The Morgan fingerprint density at radius 2 is 1.88 bits per heavy atom. The van der Waals surface area contributed by atoms with Crippen molar-refractivity contribution in [2.45, 2.75) is 13.0 Å². The lowest BCUT2D eigenvalue weighted by Crippen LogP contribution is -2.23. The van der Waals surface area contributed by atoms with Crippen molar-refractivity contribution < 1.29 is 5.11 Å². The fraction of sp³-hybridized carbons (Fsp3) is 0.538. The van der Waals surface area contributed by atoms with Gasteiger partial charge < -0.3 is 14.9 Å². The minimum absolute atomic E-state index is 0.0746. The van der Waals surface area contributed by atoms with E-state index in [2.05, 4.69) is 52.9 Å². The Hall–Kier alpha value is -0.580. The van der Waals surface area contributed by atoms with Crippen LogP contribution in [0.1, 0.15) is 12.0 Å². The Morgan fingerprint density at radius 1 is 1.18 bits per heavy atom. The van der Waals surface area contributed by atoms with Crippen molar-refractivity contribution >= 4 is 21.6 Å². The molecule has 1 aromatic rings. The van der Waals surface area contributed by atoms with E-state index in [1.165, 1.54) is 5.69 Å². The standard InChI is InChI=1S/C13H21BrN2O/c1-15(2)7-4-8-16(3)12-6-5-11(10-17)13(14)9-12/h5-6,9,17H,4,7-8,10H2,1-3H3. The van der Waals surface area contributed by atoms with E-state index in [1.54, 1.807) is 0 Å². The third-order valence-electron chi connectivity index (χ3n) is 2.75. The number of benzene rings is 1. The molecule has 0 saturated heterocycles. The van der Waals surface area contributed by atoms with Crippen LogP contribution in [0.2, 0.25) is 0 Å². The summed E-state index contributed by atoms with van der Waals surface area (Å²) in [4.78, 5) is 4.42. The van der Waals surface area contributed by atoms with Crippen molar-refractivity contribution in [3.63, 3.8) is 0 Å². The van der Waals surface area contributed by atoms with Gasteiger partial charge in [0.05, 0.1) is 6.61 Å². The van der Waals surface area contributed by atoms with Crippen molar-refractivity contribution in [1.29, 1.82) is 0 Å². The number of aliphatic hydroxyl groups excluding tert-OH is 1. The largest absolute Gasteiger partial charge is 0.392 e. The highest BCUT2D eigenvalue weighted by atomic mass is 79.9. The van der Waals surface area contributed by atoms with Gasteiger partial charge in [-0.05, 0) is 44.8 Å². The Bertz CT molecular complexity index is 355. The molecule has 1 N–H and O–H groups in total. The van der Waals surface area contributed by atoms with Gasteiger partial charge in [0, 0.05) is 23.8 Å². The molecule has 0 unspecified atom stereocenters. The van der Waals surface area contributed by atoms with Crippen LogP contribution in [0.5, 0.6) is 0 Å². The summed E-state index contributed by atoms with van der Waals surface area (Å²) in [5.41, 5.74) is 2.10. The van der Waals surface area contributed by atoms with E-state index in [9.17, 15) is 0 Å². The number of rotatable bonds is 6. The molecule has 3 nitrogen and oxygen atoms in total. The molecule has 0 aromatic heterocycles. The molecule has 0 amide bonds. The monoisotopic (exact) mass is 300 g/mol. The lowest BCUT2D eigenvalue weighted by molar-refractivity contribution is 0.281. The molecule has 0 spiro atoms. The van der Waals surface area contributed by atoms with Gasteiger partial charge in [0.25, 0.3) is 0 Å². The number of nitrogens with zero attached hydrogens (tertiary/aromatic N) is 2. The summed E-state index contributed by atoms with van der Waals surface area (Å²) in [5, 5.41) is 9.10. The highest BCUT2D eigenvalue weighted by Gasteiger charge is 2.04. The summed E-state index contributed by atoms with van der Waals surface area (Å²) in [6, 6.07) is 6.06. The second kappa shape index (κ2) is 6.99. The van der Waals surface area contributed by atoms with E-state index in [0.717, 1.165) is 29.5 Å². The zero-order valence-electron chi connectivity index (χ0n) is 10.8. The molecule has 0 bridgehead atoms. The van der Waals surface area contributed by atoms with Crippen LogP contribution >= 0.6 is 15.9 Å². The highest BCUT2D eigenvalue weighted by molar-refractivity contribution is 9.10. The van der Waals surface area contributed by atoms with Crippen molar-refractivity contribution in [2.24, 2.45) is 0 Å². The van der Waals surface area contributed by atoms with E-state index in [-0.39, 0.29) is 6.61 Å². The van der Waals surface area contributed by atoms with E-state index in [1.807, 2.05) is 12.1 Å². The van der Waals surface area contributed by atoms with Crippen LogP contribution in [0.4, 0.5) is 5.69 Å². The van der Waals surface area contributed by atoms with Gasteiger partial charge in [-0.25, -0.2) is 0 Å². The third-order valence-corrected chi connectivity index (χ3v) is 3.48. The molecule has 0 aliphatic rings. The molecule has 17 heavy (non-hydrogen) atoms. The Balaban J connectivity index is 2.57. The minimum atomic E-state index is 0.0746. The normalized spacial score (nSPS) is 10.9. The van der Waals surface area contributed by atoms with Gasteiger partial charge in [-0.1, -0.05) is 22.0 Å². The van der Waals surface area contributed by atoms with Crippen LogP contribution in [-0.2, 0) is 6.61 Å². The third kappa shape index (κ3) is 4.66. The molecule has 0 radical (unpaired) electrons. The van der Waals surface area contributed by atoms with Crippen LogP contribution in [0.15, 0.2) is 22.7 Å². The van der Waals surface area contributed by atoms with E-state index < -0.39 is 0 Å². The number of hydrogen-bond acceptors (Lipinski definition) is 3. The van der Waals surface area contributed by atoms with Gasteiger partial charge in [0.15, 0.2) is 0 Å². The van der Waals surface area contributed by atoms with Gasteiger partial charge >= 0.3 is 0 Å². The maximum absolute atomic E-state index is 9.10. The molecule has 0 heterocycles. The van der Waals surface area contributed by atoms with E-state index in [0.29, 0.717) is 0 Å². The van der Waals surface area contributed by atoms with E-state index >= 15 is 0 Å². The van der Waals surface area contributed by atoms with E-state index in [4.69, 9.17) is 5.11 Å². The van der Waals surface area contributed by atoms with Crippen molar-refractivity contribution in [3.05, 3.63) is 28.2 Å². The Morgan fingerprint density at radius 3 is 2.41 bits per heavy atom. The number of aliphatic hydroxyl groups is 1. The molecule has 0 aliphatic carbocycles. The fourth-order valence-electron chi connectivity index (χ4n) is 1.66. The van der Waals surface area contributed by atoms with Crippen LogP contribution < -0.4 is 4.90 Å². The average Bonchev–Trinajstić information content (AvgIpc) is 2.28. The van der Waals surface area contributed by atoms with Crippen LogP contribution in [-0.4, -0.2) is 44.2 Å². The molecule has 0 fully saturated rings. The maximum Gasteiger partial charge on any atom is 0.0692 e. The maximum atomic E-state index is 9.10. The second-order valence-electron chi connectivity index (χ2n) is 4.51. The Kier molecular flexibility index (Phi) is 5.95. The summed E-state index contributed by atoms with van der Waals surface area (Å²) in [7, 11) is 6.27. The predicted octanol–water partition coefficient (Wildman–Crippen LogP) is 2.33. The zero-order chi connectivity index (χ0) is 12.8. The first-order chi connectivity index (χ1) is 8.04. The van der Waals surface area contributed by atoms with Gasteiger partial charge in [0.2, 0.25) is 0 Å². The molecule has 1 rings (SSSR count). The van der Waals surface area contributed by atoms with Crippen LogP contribution in [0, 0.1) is 0 Å². The zero-order valence-corrected chi connectivity index (χ0v) is 12.4. The molecule has 0 atom stereocenters. The summed E-state index contributed by atoms with van der Waals surface area (Å²) in [6.45, 7) is 2.20. The van der Waals surface area contributed by atoms with Gasteiger partial charge in [-0.15, -0.1) is 0 Å². The van der Waals surface area contributed by atoms with Crippen LogP contribution in [0.3, 0.4) is 0 Å². The predicted molar refractivity (Wildman–Crippen MR) is 76.5 cm³/mol. The summed E-state index contributed by atoms with van der Waals surface area (Å²) < 4.78 is 0.969. The van der Waals surface area contributed by atoms with Crippen molar-refractivity contribution in [2.75, 3.05) is 39.1 Å². The molecule has 4 heteroatoms. The van der Waals surface area contributed by atoms with Crippen LogP contribution in [0.25, 0.3) is 0 Å². The SMILES string of the molecule is CN(C)CCCN(C)c1ccc(CO)c(Br)c1. The lowest BCUT2D eigenvalue weighted by Gasteiger charge is -2.21. The number of hydrogen-bond donors (Lipinski definition) is 1. The first-order valence-corrected chi connectivity index (χ1v) is 6.59. The molecular weight excluding hydrogens is 280 g/mol. The lowest BCUT2D eigenvalue weighted by atomic mass is 10.2. The second-order valence-corrected chi connectivity index (χ2v) is 5.37. The molecular formula is C13H21BrN2O. The van der Waals surface area contributed by atoms with Gasteiger partial charge in [-0.2, -0.15) is 0 Å². The van der Waals surface area contributed by atoms with Gasteiger partial charge in [-0.3, -0.25) is 0 Å². The van der Waals surface area contributed by atoms with Crippen molar-refractivity contribution in [3.8, 4) is 0 Å². The smallest absolute Gasteiger partial charge is 0.0692 e. The Labute approximate surface area is 112 Å². The quantitative estimate of drug-likeness (QED) is 0.873. The molecule has 0 aliphatic heterocycles. The average molecular weight is 301 g/mol. The number of anilines is 1. The topological polar surface area (TPSA) is 26.7 Å². The minimum Gasteiger partial charge on any atom is -0.392 e. The highest BCUT2D eigenvalue weighted by Crippen LogP contribution is 2.23. The molecule has 0 saturated carbocycles. The first kappa shape index (κ1) is 14.5. The number of halogens is 1. The van der Waals surface area contributed by atoms with Gasteiger partial charge in [0.1, 0.15) is 0 Å². The summed E-state index contributed by atoms with van der Waals surface area (Å²) in [6.07, 6.45) is 1.14. The first-order valence-electron chi connectivity index (χ1n) is 5.79. The fourth-order valence-corrected chi connectivity index (χ4v) is 2.15. The summed E-state index contributed by atoms with van der Waals surface area (Å²) in [5.74, 6) is 0. The van der Waals surface area contributed by atoms with Crippen molar-refractivity contribution in [1.82, 2.24) is 4.90 Å². The molecule has 1 aromatic carbocycles.